The zero-order chi connectivity index (χ0) is 18.1. The molecule has 0 saturated heterocycles. The first-order chi connectivity index (χ1) is 12.1. The van der Waals surface area contributed by atoms with Crippen molar-refractivity contribution in [3.63, 3.8) is 0 Å². The van der Waals surface area contributed by atoms with Crippen LogP contribution in [0.15, 0.2) is 0 Å². The molecular weight excluding hydrogens is 316 g/mol. The Hall–Kier alpha value is -1.14. The molecule has 0 aromatic carbocycles. The van der Waals surface area contributed by atoms with Gasteiger partial charge in [0.1, 0.15) is 0 Å². The molecule has 2 saturated carbocycles. The molecule has 0 heterocycles. The van der Waals surface area contributed by atoms with E-state index in [1.54, 1.807) is 0 Å². The molecule has 0 bridgehead atoms. The van der Waals surface area contributed by atoms with Gasteiger partial charge in [0, 0.05) is 13.2 Å². The van der Waals surface area contributed by atoms with Crippen LogP contribution in [0, 0.1) is 11.8 Å². The highest BCUT2D eigenvalue weighted by atomic mass is 16.5. The zero-order valence-electron chi connectivity index (χ0n) is 15.6. The number of hydrogen-bond donors (Lipinski definition) is 4. The fraction of sp³-hybridized carbons (Fsp3) is 0.895. The number of unbranched alkanes of at least 4 members (excludes halogenated alkanes) is 2. The van der Waals surface area contributed by atoms with E-state index in [4.69, 9.17) is 31.8 Å². The maximum absolute atomic E-state index is 5.98. The Kier molecular flexibility index (Phi) is 8.68. The monoisotopic (exact) mass is 354 g/mol. The van der Waals surface area contributed by atoms with Crippen LogP contribution in [0.2, 0.25) is 0 Å². The van der Waals surface area contributed by atoms with E-state index in [-0.39, 0.29) is 0 Å². The maximum Gasteiger partial charge on any atom is 0.241 e. The Bertz CT molecular complexity index is 376. The Morgan fingerprint density at radius 3 is 1.32 bits per heavy atom. The minimum absolute atomic E-state index is 0.395. The quantitative estimate of drug-likeness (QED) is 0.241. The van der Waals surface area contributed by atoms with E-state index >= 15 is 0 Å². The van der Waals surface area contributed by atoms with Gasteiger partial charge in [0.2, 0.25) is 11.7 Å². The molecular formula is C19H38N4O2+2. The molecule has 0 aromatic rings. The maximum atomic E-state index is 5.98. The van der Waals surface area contributed by atoms with Crippen molar-refractivity contribution < 1.29 is 20.3 Å². The van der Waals surface area contributed by atoms with Gasteiger partial charge >= 0.3 is 0 Å². The summed E-state index contributed by atoms with van der Waals surface area (Å²) in [6, 6.07) is 0. The lowest BCUT2D eigenvalue weighted by atomic mass is 9.87. The third-order valence-electron chi connectivity index (χ3n) is 5.79. The van der Waals surface area contributed by atoms with Gasteiger partial charge < -0.3 is 9.47 Å². The van der Waals surface area contributed by atoms with Crippen molar-refractivity contribution in [2.75, 3.05) is 13.2 Å². The second-order valence-corrected chi connectivity index (χ2v) is 7.75. The van der Waals surface area contributed by atoms with Gasteiger partial charge in [0.05, 0.1) is 24.0 Å². The summed E-state index contributed by atoms with van der Waals surface area (Å²) in [5, 5.41) is 11.4. The smallest absolute Gasteiger partial charge is 0.241 e. The largest absolute Gasteiger partial charge is 0.378 e. The van der Waals surface area contributed by atoms with E-state index in [2.05, 4.69) is 0 Å². The molecule has 2 aliphatic carbocycles. The van der Waals surface area contributed by atoms with Crippen molar-refractivity contribution in [3.8, 4) is 0 Å². The van der Waals surface area contributed by atoms with Gasteiger partial charge in [-0.2, -0.15) is 0 Å². The van der Waals surface area contributed by atoms with Crippen molar-refractivity contribution in [1.82, 2.24) is 0 Å². The third kappa shape index (κ3) is 7.32. The molecule has 2 rings (SSSR count). The highest BCUT2D eigenvalue weighted by molar-refractivity contribution is 5.77. The summed E-state index contributed by atoms with van der Waals surface area (Å²) in [5.74, 6) is 1.98. The van der Waals surface area contributed by atoms with Gasteiger partial charge in [0.25, 0.3) is 0 Å². The van der Waals surface area contributed by atoms with E-state index in [0.717, 1.165) is 83.8 Å². The van der Waals surface area contributed by atoms with Crippen LogP contribution >= 0.6 is 0 Å². The summed E-state index contributed by atoms with van der Waals surface area (Å²) >= 11 is 0. The molecule has 0 amide bonds. The third-order valence-corrected chi connectivity index (χ3v) is 5.79. The molecule has 8 N–H and O–H groups in total. The van der Waals surface area contributed by atoms with E-state index in [1.807, 2.05) is 0 Å². The number of rotatable bonds is 10. The van der Waals surface area contributed by atoms with Gasteiger partial charge in [-0.1, -0.05) is 0 Å². The molecule has 0 unspecified atom stereocenters. The summed E-state index contributed by atoms with van der Waals surface area (Å²) in [5.41, 5.74) is 11.4. The minimum Gasteiger partial charge on any atom is -0.378 e. The van der Waals surface area contributed by atoms with E-state index in [9.17, 15) is 0 Å². The summed E-state index contributed by atoms with van der Waals surface area (Å²) in [7, 11) is 0. The van der Waals surface area contributed by atoms with Gasteiger partial charge in [-0.25, -0.2) is 0 Å². The van der Waals surface area contributed by atoms with Crippen LogP contribution in [0.5, 0.6) is 0 Å². The summed E-state index contributed by atoms with van der Waals surface area (Å²) in [4.78, 5) is 0. The van der Waals surface area contributed by atoms with Crippen LogP contribution in [0.1, 0.15) is 70.6 Å². The van der Waals surface area contributed by atoms with Gasteiger partial charge in [0.15, 0.2) is 0 Å². The molecule has 2 aliphatic rings. The SMILES string of the molecule is NC(=[NH2+])C1CCC(OCCCCCOC2CCC(C(N)=[NH2+])CC2)CC1. The van der Waals surface area contributed by atoms with Crippen LogP contribution < -0.4 is 22.3 Å². The van der Waals surface area contributed by atoms with Crippen molar-refractivity contribution in [1.29, 1.82) is 0 Å². The van der Waals surface area contributed by atoms with Gasteiger partial charge in [-0.3, -0.25) is 22.3 Å². The van der Waals surface area contributed by atoms with Crippen LogP contribution in [0.4, 0.5) is 0 Å². The molecule has 6 nitrogen and oxygen atoms in total. The minimum atomic E-state index is 0.395. The van der Waals surface area contributed by atoms with Crippen LogP contribution in [0.25, 0.3) is 0 Å². The second-order valence-electron chi connectivity index (χ2n) is 7.75. The Morgan fingerprint density at radius 2 is 1.00 bits per heavy atom. The van der Waals surface area contributed by atoms with Crippen LogP contribution in [0.3, 0.4) is 0 Å². The molecule has 25 heavy (non-hydrogen) atoms. The fourth-order valence-electron chi connectivity index (χ4n) is 4.01. The molecule has 0 spiro atoms. The van der Waals surface area contributed by atoms with Crippen LogP contribution in [-0.4, -0.2) is 37.1 Å². The Balaban J connectivity index is 1.41. The molecule has 144 valence electrons. The summed E-state index contributed by atoms with van der Waals surface area (Å²) in [6.45, 7) is 1.71. The number of hydrogen-bond acceptors (Lipinski definition) is 2. The first-order valence-corrected chi connectivity index (χ1v) is 10.0. The molecule has 2 fully saturated rings. The molecule has 6 heteroatoms. The first kappa shape index (κ1) is 20.2. The van der Waals surface area contributed by atoms with Crippen molar-refractivity contribution >= 4 is 11.7 Å². The Morgan fingerprint density at radius 1 is 0.640 bits per heavy atom. The fourth-order valence-corrected chi connectivity index (χ4v) is 4.01. The average Bonchev–Trinajstić information content (AvgIpc) is 2.61. The topological polar surface area (TPSA) is 122 Å². The average molecular weight is 355 g/mol. The van der Waals surface area contributed by atoms with Crippen molar-refractivity contribution in [3.05, 3.63) is 0 Å². The molecule has 0 aromatic heterocycles. The lowest BCUT2D eigenvalue weighted by Gasteiger charge is -2.26. The molecule has 0 aliphatic heterocycles. The number of amidine groups is 2. The number of nitrogens with two attached hydrogens (primary N) is 4. The first-order valence-electron chi connectivity index (χ1n) is 10.0. The zero-order valence-corrected chi connectivity index (χ0v) is 15.6. The lowest BCUT2D eigenvalue weighted by molar-refractivity contribution is -0.124. The van der Waals surface area contributed by atoms with Gasteiger partial charge in [-0.15, -0.1) is 0 Å². The van der Waals surface area contributed by atoms with E-state index in [0.29, 0.717) is 35.7 Å². The number of ether oxygens (including phenoxy) is 2. The molecule has 0 atom stereocenters. The normalized spacial score (nSPS) is 30.1. The predicted molar refractivity (Wildman–Crippen MR) is 99.5 cm³/mol. The lowest BCUT2D eigenvalue weighted by Crippen LogP contribution is -2.51. The van der Waals surface area contributed by atoms with Crippen LogP contribution in [-0.2, 0) is 9.47 Å². The predicted octanol–water partition coefficient (Wildman–Crippen LogP) is -0.460. The second kappa shape index (κ2) is 10.8. The van der Waals surface area contributed by atoms with E-state index < -0.39 is 0 Å². The van der Waals surface area contributed by atoms with E-state index in [1.165, 1.54) is 0 Å². The summed E-state index contributed by atoms with van der Waals surface area (Å²) in [6.07, 6.45) is 12.8. The van der Waals surface area contributed by atoms with Gasteiger partial charge in [-0.05, 0) is 70.6 Å². The van der Waals surface area contributed by atoms with Crippen molar-refractivity contribution in [2.45, 2.75) is 82.8 Å². The standard InChI is InChI=1S/C19H36N4O2/c20-18(21)14-4-8-16(9-5-14)24-12-2-1-3-13-25-17-10-6-15(7-11-17)19(22)23/h14-17H,1-13H2,(H3,20,21)(H3,22,23)/p+2. The highest BCUT2D eigenvalue weighted by Gasteiger charge is 2.26. The Labute approximate surface area is 152 Å². The van der Waals surface area contributed by atoms with Crippen molar-refractivity contribution in [2.24, 2.45) is 23.3 Å². The highest BCUT2D eigenvalue weighted by Crippen LogP contribution is 2.26. The summed E-state index contributed by atoms with van der Waals surface area (Å²) < 4.78 is 12.0. The molecule has 0 radical (unpaired) electrons.